The number of phenols is 1. The van der Waals surface area contributed by atoms with Crippen molar-refractivity contribution < 1.29 is 19.1 Å². The van der Waals surface area contributed by atoms with Crippen LogP contribution in [0, 0.1) is 0 Å². The lowest BCUT2D eigenvalue weighted by Gasteiger charge is -2.06. The maximum Gasteiger partial charge on any atom is 0.200 e. The molecular formula is C17H12O5. The summed E-state index contributed by atoms with van der Waals surface area (Å²) in [5, 5.41) is 9.88. The fraction of sp³-hybridized carbons (Fsp3) is 0.0588. The van der Waals surface area contributed by atoms with Gasteiger partial charge in [0.25, 0.3) is 0 Å². The number of hydrogen-bond acceptors (Lipinski definition) is 5. The van der Waals surface area contributed by atoms with Crippen LogP contribution in [0.4, 0.5) is 0 Å². The summed E-state index contributed by atoms with van der Waals surface area (Å²) in [5.41, 5.74) is 0.831. The molecule has 1 aromatic heterocycles. The topological polar surface area (TPSA) is 76.7 Å². The van der Waals surface area contributed by atoms with Gasteiger partial charge in [-0.05, 0) is 29.8 Å². The lowest BCUT2D eigenvalue weighted by atomic mass is 10.0. The predicted molar refractivity (Wildman–Crippen MR) is 81.5 cm³/mol. The van der Waals surface area contributed by atoms with Crippen molar-refractivity contribution in [1.29, 1.82) is 0 Å². The van der Waals surface area contributed by atoms with E-state index >= 15 is 0 Å². The van der Waals surface area contributed by atoms with Crippen molar-refractivity contribution in [3.8, 4) is 22.6 Å². The lowest BCUT2D eigenvalue weighted by molar-refractivity contribution is 0.112. The molecule has 5 nitrogen and oxygen atoms in total. The van der Waals surface area contributed by atoms with Gasteiger partial charge in [-0.25, -0.2) is 0 Å². The average Bonchev–Trinajstić information content (AvgIpc) is 2.55. The van der Waals surface area contributed by atoms with Crippen molar-refractivity contribution in [1.82, 2.24) is 0 Å². The van der Waals surface area contributed by atoms with Gasteiger partial charge in [-0.1, -0.05) is 12.1 Å². The summed E-state index contributed by atoms with van der Waals surface area (Å²) < 4.78 is 10.5. The number of methoxy groups -OCH3 is 1. The number of carbonyl (C=O) groups is 1. The van der Waals surface area contributed by atoms with Crippen LogP contribution in [-0.2, 0) is 0 Å². The van der Waals surface area contributed by atoms with Gasteiger partial charge < -0.3 is 14.3 Å². The first kappa shape index (κ1) is 13.9. The molecule has 0 radical (unpaired) electrons. The zero-order valence-corrected chi connectivity index (χ0v) is 11.7. The molecular weight excluding hydrogens is 284 g/mol. The number of fused-ring (bicyclic) bond motifs is 1. The summed E-state index contributed by atoms with van der Waals surface area (Å²) >= 11 is 0. The van der Waals surface area contributed by atoms with Gasteiger partial charge in [-0.15, -0.1) is 0 Å². The summed E-state index contributed by atoms with van der Waals surface area (Å²) in [6, 6.07) is 9.73. The number of aldehydes is 1. The molecule has 0 atom stereocenters. The van der Waals surface area contributed by atoms with Crippen LogP contribution in [0.25, 0.3) is 22.1 Å². The van der Waals surface area contributed by atoms with E-state index in [1.807, 2.05) is 0 Å². The Hall–Kier alpha value is -3.08. The average molecular weight is 296 g/mol. The molecule has 3 rings (SSSR count). The number of aromatic hydroxyl groups is 1. The molecule has 0 aliphatic heterocycles. The molecule has 1 heterocycles. The van der Waals surface area contributed by atoms with Gasteiger partial charge in [0.2, 0.25) is 5.43 Å². The molecule has 2 aromatic carbocycles. The molecule has 0 amide bonds. The van der Waals surface area contributed by atoms with E-state index in [9.17, 15) is 14.7 Å². The molecule has 0 saturated heterocycles. The molecule has 0 bridgehead atoms. The highest BCUT2D eigenvalue weighted by atomic mass is 16.5. The van der Waals surface area contributed by atoms with E-state index in [-0.39, 0.29) is 27.7 Å². The van der Waals surface area contributed by atoms with Crippen LogP contribution < -0.4 is 10.2 Å². The Morgan fingerprint density at radius 3 is 2.50 bits per heavy atom. The van der Waals surface area contributed by atoms with Crippen molar-refractivity contribution in [2.24, 2.45) is 0 Å². The standard InChI is InChI=1S/C17H12O5/c1-21-11-4-2-10(3-5-11)14-9-22-17-12(16(14)20)6-7-15(19)13(17)8-18/h2-9,19H,1H3. The van der Waals surface area contributed by atoms with Gasteiger partial charge >= 0.3 is 0 Å². The van der Waals surface area contributed by atoms with Crippen molar-refractivity contribution in [2.75, 3.05) is 7.11 Å². The van der Waals surface area contributed by atoms with E-state index in [1.54, 1.807) is 31.4 Å². The van der Waals surface area contributed by atoms with E-state index in [0.29, 0.717) is 23.2 Å². The summed E-state index contributed by atoms with van der Waals surface area (Å²) in [7, 11) is 1.56. The largest absolute Gasteiger partial charge is 0.507 e. The third-order valence-electron chi connectivity index (χ3n) is 3.48. The second-order valence-corrected chi connectivity index (χ2v) is 4.70. The van der Waals surface area contributed by atoms with Gasteiger partial charge in [-0.2, -0.15) is 0 Å². The van der Waals surface area contributed by atoms with Crippen LogP contribution in [0.3, 0.4) is 0 Å². The van der Waals surface area contributed by atoms with Gasteiger partial charge in [0.1, 0.15) is 17.8 Å². The second-order valence-electron chi connectivity index (χ2n) is 4.70. The van der Waals surface area contributed by atoms with Crippen LogP contribution in [0.2, 0.25) is 0 Å². The SMILES string of the molecule is COc1ccc(-c2coc3c(C=O)c(O)ccc3c2=O)cc1. The fourth-order valence-corrected chi connectivity index (χ4v) is 2.29. The maximum atomic E-state index is 12.6. The Morgan fingerprint density at radius 1 is 1.14 bits per heavy atom. The molecule has 0 unspecified atom stereocenters. The molecule has 0 aliphatic carbocycles. The third kappa shape index (κ3) is 2.13. The lowest BCUT2D eigenvalue weighted by Crippen LogP contribution is -2.05. The Kier molecular flexibility index (Phi) is 3.39. The van der Waals surface area contributed by atoms with E-state index in [1.165, 1.54) is 18.4 Å². The molecule has 3 aromatic rings. The monoisotopic (exact) mass is 296 g/mol. The Balaban J connectivity index is 2.24. The van der Waals surface area contributed by atoms with Crippen LogP contribution in [0.15, 0.2) is 51.9 Å². The molecule has 0 saturated carbocycles. The van der Waals surface area contributed by atoms with Gasteiger partial charge in [0.15, 0.2) is 11.9 Å². The first-order valence-electron chi connectivity index (χ1n) is 6.53. The number of benzene rings is 2. The van der Waals surface area contributed by atoms with Crippen LogP contribution >= 0.6 is 0 Å². The molecule has 22 heavy (non-hydrogen) atoms. The number of hydrogen-bond donors (Lipinski definition) is 1. The molecule has 1 N–H and O–H groups in total. The quantitative estimate of drug-likeness (QED) is 0.752. The van der Waals surface area contributed by atoms with Gasteiger partial charge in [-0.3, -0.25) is 9.59 Å². The van der Waals surface area contributed by atoms with Gasteiger partial charge in [0, 0.05) is 0 Å². The van der Waals surface area contributed by atoms with Crippen LogP contribution in [0.5, 0.6) is 11.5 Å². The molecule has 0 aliphatic rings. The molecule has 0 fully saturated rings. The second kappa shape index (κ2) is 5.37. The van der Waals surface area contributed by atoms with Crippen LogP contribution in [0.1, 0.15) is 10.4 Å². The third-order valence-corrected chi connectivity index (χ3v) is 3.48. The van der Waals surface area contributed by atoms with Crippen molar-refractivity contribution in [2.45, 2.75) is 0 Å². The maximum absolute atomic E-state index is 12.6. The summed E-state index contributed by atoms with van der Waals surface area (Å²) in [6.45, 7) is 0. The van der Waals surface area contributed by atoms with Crippen molar-refractivity contribution in [3.63, 3.8) is 0 Å². The number of rotatable bonds is 3. The van der Waals surface area contributed by atoms with E-state index in [2.05, 4.69) is 0 Å². The Labute approximate surface area is 125 Å². The highest BCUT2D eigenvalue weighted by molar-refractivity contribution is 5.98. The number of ether oxygens (including phenoxy) is 1. The zero-order valence-electron chi connectivity index (χ0n) is 11.7. The minimum absolute atomic E-state index is 0.0316. The van der Waals surface area contributed by atoms with Gasteiger partial charge in [0.05, 0.1) is 23.6 Å². The number of carbonyl (C=O) groups excluding carboxylic acids is 1. The van der Waals surface area contributed by atoms with E-state index in [4.69, 9.17) is 9.15 Å². The zero-order chi connectivity index (χ0) is 15.7. The summed E-state index contributed by atoms with van der Waals surface area (Å²) in [5.74, 6) is 0.463. The Bertz CT molecular complexity index is 907. The molecule has 110 valence electrons. The summed E-state index contributed by atoms with van der Waals surface area (Å²) in [4.78, 5) is 23.6. The van der Waals surface area contributed by atoms with E-state index < -0.39 is 0 Å². The fourth-order valence-electron chi connectivity index (χ4n) is 2.29. The smallest absolute Gasteiger partial charge is 0.200 e. The van der Waals surface area contributed by atoms with Crippen LogP contribution in [-0.4, -0.2) is 18.5 Å². The highest BCUT2D eigenvalue weighted by Gasteiger charge is 2.14. The highest BCUT2D eigenvalue weighted by Crippen LogP contribution is 2.27. The molecule has 0 spiro atoms. The minimum Gasteiger partial charge on any atom is -0.507 e. The minimum atomic E-state index is -0.269. The predicted octanol–water partition coefficient (Wildman–Crippen LogP) is 2.99. The summed E-state index contributed by atoms with van der Waals surface area (Å²) in [6.07, 6.45) is 1.76. The normalized spacial score (nSPS) is 10.6. The van der Waals surface area contributed by atoms with Crippen molar-refractivity contribution >= 4 is 17.3 Å². The number of phenolic OH excluding ortho intramolecular Hbond substituents is 1. The first-order chi connectivity index (χ1) is 10.7. The first-order valence-corrected chi connectivity index (χ1v) is 6.53. The molecule has 5 heteroatoms. The van der Waals surface area contributed by atoms with E-state index in [0.717, 1.165) is 0 Å². The Morgan fingerprint density at radius 2 is 1.86 bits per heavy atom. The van der Waals surface area contributed by atoms with Crippen molar-refractivity contribution in [3.05, 3.63) is 58.4 Å².